The summed E-state index contributed by atoms with van der Waals surface area (Å²) in [5, 5.41) is 20.9. The molecular weight excluding hydrogens is 350 g/mol. The van der Waals surface area contributed by atoms with Gasteiger partial charge in [0.05, 0.1) is 16.3 Å². The van der Waals surface area contributed by atoms with Gasteiger partial charge in [0, 0.05) is 10.9 Å². The molecule has 0 radical (unpaired) electrons. The Morgan fingerprint density at radius 3 is 2.63 bits per heavy atom. The first kappa shape index (κ1) is 15.7. The van der Waals surface area contributed by atoms with Crippen LogP contribution in [-0.2, 0) is 7.05 Å². The molecule has 0 saturated carbocycles. The smallest absolute Gasteiger partial charge is 0.250 e. The van der Waals surface area contributed by atoms with Crippen LogP contribution in [0.1, 0.15) is 5.56 Å². The number of aromatic nitrogens is 1. The molecule has 0 bridgehead atoms. The monoisotopic (exact) mass is 362 g/mol. The van der Waals surface area contributed by atoms with Crippen LogP contribution >= 0.6 is 0 Å². The Hall–Kier alpha value is -3.54. The van der Waals surface area contributed by atoms with Crippen LogP contribution in [0.15, 0.2) is 48.5 Å². The van der Waals surface area contributed by atoms with Gasteiger partial charge in [-0.05, 0) is 42.3 Å². The molecule has 5 rings (SSSR count). The standard InChI is InChI=1S/C21H12F2N2O2/c1-25-19-14-9-10(22)5-8-15(14)27-16-4-2-3-11(17(16)19)12-6-7-13(21(24)26)18(23)20(12)25/h2-9H,1H3,(H-,24,26). The number of halogens is 2. The van der Waals surface area contributed by atoms with Crippen molar-refractivity contribution in [2.75, 3.05) is 0 Å². The van der Waals surface area contributed by atoms with E-state index < -0.39 is 17.5 Å². The molecule has 6 heteroatoms. The summed E-state index contributed by atoms with van der Waals surface area (Å²) in [6, 6.07) is 12.6. The van der Waals surface area contributed by atoms with E-state index in [0.29, 0.717) is 28.1 Å². The molecule has 0 unspecified atom stereocenters. The second kappa shape index (κ2) is 5.23. The summed E-state index contributed by atoms with van der Waals surface area (Å²) in [7, 11) is 1.66. The molecule has 0 amide bonds. The Bertz CT molecular complexity index is 1320. The molecule has 1 N–H and O–H groups in total. The van der Waals surface area contributed by atoms with Gasteiger partial charge in [-0.3, -0.25) is 0 Å². The number of nitrogens with zero attached hydrogens (tertiary/aromatic N) is 1. The first-order valence-corrected chi connectivity index (χ1v) is 8.28. The number of aryl methyl sites for hydroxylation is 1. The van der Waals surface area contributed by atoms with Crippen molar-refractivity contribution >= 4 is 27.6 Å². The zero-order chi connectivity index (χ0) is 18.9. The molecule has 0 spiro atoms. The summed E-state index contributed by atoms with van der Waals surface area (Å²) in [6.07, 6.45) is 0. The molecular formula is C21H12F2N2O2. The highest BCUT2D eigenvalue weighted by molar-refractivity contribution is 6.13. The number of nitrogens with one attached hydrogen (secondary N) is 1. The van der Waals surface area contributed by atoms with E-state index in [4.69, 9.17) is 10.1 Å². The predicted octanol–water partition coefficient (Wildman–Crippen LogP) is 3.55. The first-order chi connectivity index (χ1) is 13.0. The minimum Gasteiger partial charge on any atom is -0.859 e. The Labute approximate surface area is 152 Å². The molecule has 0 fully saturated rings. The third-order valence-corrected chi connectivity index (χ3v) is 5.00. The van der Waals surface area contributed by atoms with E-state index in [9.17, 15) is 9.50 Å². The Balaban J connectivity index is 2.06. The fourth-order valence-corrected chi connectivity index (χ4v) is 3.86. The maximum absolute atomic E-state index is 15.1. The molecule has 0 aliphatic carbocycles. The predicted molar refractivity (Wildman–Crippen MR) is 94.9 cm³/mol. The van der Waals surface area contributed by atoms with Gasteiger partial charge in [0.15, 0.2) is 0 Å². The van der Waals surface area contributed by atoms with Crippen molar-refractivity contribution in [2.45, 2.75) is 0 Å². The molecule has 1 aliphatic rings. The quantitative estimate of drug-likeness (QED) is 0.215. The molecule has 132 valence electrons. The van der Waals surface area contributed by atoms with Gasteiger partial charge in [-0.1, -0.05) is 12.1 Å². The number of hydrogen-bond acceptors (Lipinski definition) is 3. The summed E-state index contributed by atoms with van der Waals surface area (Å²) >= 11 is 0. The van der Waals surface area contributed by atoms with Crippen molar-refractivity contribution in [3.05, 3.63) is 65.7 Å². The topological polar surface area (TPSA) is 60.0 Å². The number of rotatable bonds is 1. The van der Waals surface area contributed by atoms with Crippen molar-refractivity contribution < 1.29 is 23.2 Å². The third kappa shape index (κ3) is 2.01. The second-order valence-electron chi connectivity index (χ2n) is 6.48. The van der Waals surface area contributed by atoms with E-state index in [0.717, 1.165) is 10.8 Å². The normalized spacial score (nSPS) is 12.1. The minimum atomic E-state index is -1.09. The summed E-state index contributed by atoms with van der Waals surface area (Å²) in [4.78, 5) is 0. The van der Waals surface area contributed by atoms with Crippen LogP contribution in [0.2, 0.25) is 0 Å². The number of benzene rings is 3. The van der Waals surface area contributed by atoms with Crippen LogP contribution in [0.5, 0.6) is 11.5 Å². The molecule has 2 heterocycles. The SMILES string of the molecule is C[n+]1c2c3c(cccc3c3ccc(C(=N)[O-])c(F)c31)Oc1ccc(F)cc1-2. The van der Waals surface area contributed by atoms with Gasteiger partial charge >= 0.3 is 0 Å². The number of fused-ring (bicyclic) bond motifs is 4. The van der Waals surface area contributed by atoms with Crippen molar-refractivity contribution in [3.8, 4) is 22.8 Å². The van der Waals surface area contributed by atoms with Crippen molar-refractivity contribution in [1.82, 2.24) is 0 Å². The fourth-order valence-electron chi connectivity index (χ4n) is 3.86. The highest BCUT2D eigenvalue weighted by Crippen LogP contribution is 2.46. The lowest BCUT2D eigenvalue weighted by molar-refractivity contribution is -0.633. The molecule has 1 aliphatic heterocycles. The van der Waals surface area contributed by atoms with Gasteiger partial charge in [-0.25, -0.2) is 4.39 Å². The first-order valence-electron chi connectivity index (χ1n) is 8.28. The average Bonchev–Trinajstić information content (AvgIpc) is 2.64. The van der Waals surface area contributed by atoms with Gasteiger partial charge < -0.3 is 15.3 Å². The summed E-state index contributed by atoms with van der Waals surface area (Å²) in [6.45, 7) is 0. The number of hydrogen-bond donors (Lipinski definition) is 1. The van der Waals surface area contributed by atoms with Gasteiger partial charge in [-0.2, -0.15) is 8.96 Å². The fraction of sp³-hybridized carbons (Fsp3) is 0.0476. The lowest BCUT2D eigenvalue weighted by atomic mass is 9.95. The van der Waals surface area contributed by atoms with E-state index in [-0.39, 0.29) is 11.1 Å². The Morgan fingerprint density at radius 1 is 1.04 bits per heavy atom. The molecule has 0 atom stereocenters. The van der Waals surface area contributed by atoms with E-state index in [1.807, 2.05) is 12.1 Å². The average molecular weight is 362 g/mol. The van der Waals surface area contributed by atoms with Gasteiger partial charge in [-0.15, -0.1) is 0 Å². The van der Waals surface area contributed by atoms with Crippen molar-refractivity contribution in [2.24, 2.45) is 7.05 Å². The van der Waals surface area contributed by atoms with Crippen LogP contribution < -0.4 is 14.4 Å². The van der Waals surface area contributed by atoms with Gasteiger partial charge in [0.2, 0.25) is 17.0 Å². The largest absolute Gasteiger partial charge is 0.859 e. The van der Waals surface area contributed by atoms with Crippen LogP contribution in [0, 0.1) is 17.0 Å². The van der Waals surface area contributed by atoms with Crippen LogP contribution in [-0.4, -0.2) is 5.90 Å². The summed E-state index contributed by atoms with van der Waals surface area (Å²) < 4.78 is 36.6. The van der Waals surface area contributed by atoms with Crippen molar-refractivity contribution in [1.29, 1.82) is 5.41 Å². The Kier molecular flexibility index (Phi) is 3.04. The lowest BCUT2D eigenvalue weighted by Crippen LogP contribution is -2.35. The molecule has 3 aromatic carbocycles. The van der Waals surface area contributed by atoms with Crippen LogP contribution in [0.25, 0.3) is 32.9 Å². The third-order valence-electron chi connectivity index (χ3n) is 5.00. The van der Waals surface area contributed by atoms with Crippen LogP contribution in [0.3, 0.4) is 0 Å². The van der Waals surface area contributed by atoms with E-state index in [1.165, 1.54) is 24.3 Å². The Morgan fingerprint density at radius 2 is 1.85 bits per heavy atom. The maximum Gasteiger partial charge on any atom is 0.250 e. The highest BCUT2D eigenvalue weighted by Gasteiger charge is 2.32. The summed E-state index contributed by atoms with van der Waals surface area (Å²) in [5.41, 5.74) is 0.990. The maximum atomic E-state index is 15.1. The molecule has 27 heavy (non-hydrogen) atoms. The molecule has 0 saturated heterocycles. The van der Waals surface area contributed by atoms with E-state index >= 15 is 4.39 Å². The van der Waals surface area contributed by atoms with E-state index in [1.54, 1.807) is 23.7 Å². The van der Waals surface area contributed by atoms with Gasteiger partial charge in [0.1, 0.15) is 24.4 Å². The molecule has 4 nitrogen and oxygen atoms in total. The second-order valence-corrected chi connectivity index (χ2v) is 6.48. The number of ether oxygens (including phenoxy) is 1. The van der Waals surface area contributed by atoms with Gasteiger partial charge in [0.25, 0.3) is 0 Å². The number of pyridine rings is 1. The van der Waals surface area contributed by atoms with Crippen molar-refractivity contribution in [3.63, 3.8) is 0 Å². The summed E-state index contributed by atoms with van der Waals surface area (Å²) in [5.74, 6) is -1.21. The zero-order valence-electron chi connectivity index (χ0n) is 14.1. The van der Waals surface area contributed by atoms with Crippen LogP contribution in [0.4, 0.5) is 8.78 Å². The molecule has 1 aromatic heterocycles. The lowest BCUT2D eigenvalue weighted by Gasteiger charge is -2.20. The van der Waals surface area contributed by atoms with E-state index in [2.05, 4.69) is 0 Å². The highest BCUT2D eigenvalue weighted by atomic mass is 19.1. The molecule has 4 aromatic rings. The minimum absolute atomic E-state index is 0.185. The zero-order valence-corrected chi connectivity index (χ0v) is 14.1.